The van der Waals surface area contributed by atoms with Gasteiger partial charge in [0.25, 0.3) is 5.91 Å². The average molecular weight is 243 g/mol. The van der Waals surface area contributed by atoms with Gasteiger partial charge in [0.05, 0.1) is 12.0 Å². The van der Waals surface area contributed by atoms with Crippen molar-refractivity contribution >= 4 is 11.8 Å². The molecule has 0 unspecified atom stereocenters. The molecule has 90 valence electrons. The number of rotatable bonds is 0. The van der Waals surface area contributed by atoms with Gasteiger partial charge in [0.1, 0.15) is 0 Å². The van der Waals surface area contributed by atoms with Crippen LogP contribution in [0.15, 0.2) is 18.2 Å². The number of nitrogens with zero attached hydrogens (tertiary/aromatic N) is 1. The lowest BCUT2D eigenvalue weighted by Crippen LogP contribution is -2.39. The maximum absolute atomic E-state index is 12.5. The summed E-state index contributed by atoms with van der Waals surface area (Å²) < 4.78 is 37.4. The summed E-state index contributed by atoms with van der Waals surface area (Å²) in [6.45, 7) is 0. The number of imide groups is 1. The van der Waals surface area contributed by atoms with Crippen LogP contribution in [-0.2, 0) is 17.4 Å². The van der Waals surface area contributed by atoms with Crippen LogP contribution in [0.3, 0.4) is 0 Å². The average Bonchev–Trinajstić information content (AvgIpc) is 2.24. The van der Waals surface area contributed by atoms with Gasteiger partial charge in [-0.1, -0.05) is 6.07 Å². The maximum atomic E-state index is 12.5. The number of carbonyl (C=O) groups excluding carboxylic acids is 2. The molecule has 1 aromatic carbocycles. The third-order valence-electron chi connectivity index (χ3n) is 2.69. The van der Waals surface area contributed by atoms with E-state index in [1.54, 1.807) is 0 Å². The van der Waals surface area contributed by atoms with E-state index in [0.717, 1.165) is 17.0 Å². The van der Waals surface area contributed by atoms with E-state index in [9.17, 15) is 22.8 Å². The zero-order valence-electron chi connectivity index (χ0n) is 8.84. The Morgan fingerprint density at radius 2 is 1.88 bits per heavy atom. The molecule has 0 fully saturated rings. The van der Waals surface area contributed by atoms with Crippen molar-refractivity contribution in [2.45, 2.75) is 12.6 Å². The molecule has 0 saturated carbocycles. The zero-order valence-corrected chi connectivity index (χ0v) is 8.84. The lowest BCUT2D eigenvalue weighted by Gasteiger charge is -2.23. The summed E-state index contributed by atoms with van der Waals surface area (Å²) in [5.74, 6) is -1.11. The number of halogens is 3. The van der Waals surface area contributed by atoms with E-state index in [2.05, 4.69) is 0 Å². The van der Waals surface area contributed by atoms with E-state index in [1.165, 1.54) is 13.1 Å². The van der Waals surface area contributed by atoms with Gasteiger partial charge in [-0.3, -0.25) is 14.5 Å². The molecule has 1 aromatic rings. The number of fused-ring (bicyclic) bond motifs is 1. The van der Waals surface area contributed by atoms with Crippen LogP contribution in [0.4, 0.5) is 13.2 Å². The lowest BCUT2D eigenvalue weighted by molar-refractivity contribution is -0.137. The van der Waals surface area contributed by atoms with Gasteiger partial charge in [-0.15, -0.1) is 0 Å². The van der Waals surface area contributed by atoms with E-state index in [1.807, 2.05) is 0 Å². The van der Waals surface area contributed by atoms with Crippen molar-refractivity contribution in [1.29, 1.82) is 0 Å². The Morgan fingerprint density at radius 3 is 2.47 bits per heavy atom. The molecule has 0 spiro atoms. The number of hydrogen-bond donors (Lipinski definition) is 0. The highest BCUT2D eigenvalue weighted by atomic mass is 19.4. The SMILES string of the molecule is CN1C(=O)Cc2ccc(C(F)(F)F)cc2C1=O. The van der Waals surface area contributed by atoms with Crippen molar-refractivity contribution < 1.29 is 22.8 Å². The fourth-order valence-electron chi connectivity index (χ4n) is 1.68. The van der Waals surface area contributed by atoms with Crippen LogP contribution in [0.2, 0.25) is 0 Å². The first-order valence-corrected chi connectivity index (χ1v) is 4.81. The van der Waals surface area contributed by atoms with Crippen LogP contribution >= 0.6 is 0 Å². The number of alkyl halides is 3. The summed E-state index contributed by atoms with van der Waals surface area (Å²) in [5, 5.41) is 0. The van der Waals surface area contributed by atoms with Gasteiger partial charge in [-0.2, -0.15) is 13.2 Å². The normalized spacial score (nSPS) is 16.1. The predicted octanol–water partition coefficient (Wildman–Crippen LogP) is 1.86. The maximum Gasteiger partial charge on any atom is 0.416 e. The van der Waals surface area contributed by atoms with Crippen molar-refractivity contribution in [3.63, 3.8) is 0 Å². The summed E-state index contributed by atoms with van der Waals surface area (Å²) in [5.41, 5.74) is -0.597. The number of amides is 2. The fourth-order valence-corrected chi connectivity index (χ4v) is 1.68. The Kier molecular flexibility index (Phi) is 2.45. The molecule has 0 atom stereocenters. The van der Waals surface area contributed by atoms with Crippen LogP contribution in [0.1, 0.15) is 21.5 Å². The van der Waals surface area contributed by atoms with Crippen LogP contribution in [-0.4, -0.2) is 23.8 Å². The minimum absolute atomic E-state index is 0.0459. The molecule has 1 aliphatic heterocycles. The standard InChI is InChI=1S/C11H8F3NO2/c1-15-9(16)4-6-2-3-7(11(12,13)14)5-8(6)10(15)17/h2-3,5H,4H2,1H3. The molecule has 3 nitrogen and oxygen atoms in total. The van der Waals surface area contributed by atoms with E-state index >= 15 is 0 Å². The van der Waals surface area contributed by atoms with Gasteiger partial charge < -0.3 is 0 Å². The Hall–Kier alpha value is -1.85. The molecule has 6 heteroatoms. The van der Waals surface area contributed by atoms with Crippen molar-refractivity contribution in [3.8, 4) is 0 Å². The highest BCUT2D eigenvalue weighted by Crippen LogP contribution is 2.32. The summed E-state index contributed by atoms with van der Waals surface area (Å²) in [4.78, 5) is 23.8. The summed E-state index contributed by atoms with van der Waals surface area (Å²) in [6, 6.07) is 2.85. The first kappa shape index (κ1) is 11.6. The fraction of sp³-hybridized carbons (Fsp3) is 0.273. The summed E-state index contributed by atoms with van der Waals surface area (Å²) in [6.07, 6.45) is -4.54. The third-order valence-corrected chi connectivity index (χ3v) is 2.69. The first-order valence-electron chi connectivity index (χ1n) is 4.81. The molecule has 17 heavy (non-hydrogen) atoms. The van der Waals surface area contributed by atoms with Crippen LogP contribution in [0.5, 0.6) is 0 Å². The Labute approximate surface area is 94.8 Å². The molecule has 0 aliphatic carbocycles. The molecule has 0 radical (unpaired) electrons. The highest BCUT2D eigenvalue weighted by Gasteiger charge is 2.34. The van der Waals surface area contributed by atoms with Crippen molar-refractivity contribution in [2.75, 3.05) is 7.05 Å². The Morgan fingerprint density at radius 1 is 1.24 bits per heavy atom. The Bertz CT molecular complexity index is 508. The third kappa shape index (κ3) is 1.90. The molecule has 1 heterocycles. The van der Waals surface area contributed by atoms with Crippen molar-refractivity contribution in [1.82, 2.24) is 4.90 Å². The topological polar surface area (TPSA) is 37.4 Å². The molecule has 0 aromatic heterocycles. The van der Waals surface area contributed by atoms with Crippen LogP contribution < -0.4 is 0 Å². The molecular formula is C11H8F3NO2. The summed E-state index contributed by atoms with van der Waals surface area (Å²) in [7, 11) is 1.26. The predicted molar refractivity (Wildman–Crippen MR) is 52.2 cm³/mol. The van der Waals surface area contributed by atoms with E-state index in [4.69, 9.17) is 0 Å². The van der Waals surface area contributed by atoms with Gasteiger partial charge in [0.2, 0.25) is 5.91 Å². The van der Waals surface area contributed by atoms with E-state index in [-0.39, 0.29) is 12.0 Å². The van der Waals surface area contributed by atoms with Crippen LogP contribution in [0, 0.1) is 0 Å². The van der Waals surface area contributed by atoms with Gasteiger partial charge >= 0.3 is 6.18 Å². The van der Waals surface area contributed by atoms with Crippen molar-refractivity contribution in [3.05, 3.63) is 34.9 Å². The highest BCUT2D eigenvalue weighted by molar-refractivity contribution is 6.09. The molecule has 2 amide bonds. The molecular weight excluding hydrogens is 235 g/mol. The second-order valence-electron chi connectivity index (χ2n) is 3.80. The molecule has 0 saturated heterocycles. The van der Waals surface area contributed by atoms with Gasteiger partial charge in [0.15, 0.2) is 0 Å². The quantitative estimate of drug-likeness (QED) is 0.652. The minimum atomic E-state index is -4.49. The lowest BCUT2D eigenvalue weighted by atomic mass is 9.96. The number of hydrogen-bond acceptors (Lipinski definition) is 2. The monoisotopic (exact) mass is 243 g/mol. The second kappa shape index (κ2) is 3.58. The number of benzene rings is 1. The minimum Gasteiger partial charge on any atom is -0.281 e. The van der Waals surface area contributed by atoms with Gasteiger partial charge in [-0.05, 0) is 17.7 Å². The second-order valence-corrected chi connectivity index (χ2v) is 3.80. The smallest absolute Gasteiger partial charge is 0.281 e. The first-order chi connectivity index (χ1) is 7.80. The van der Waals surface area contributed by atoms with Gasteiger partial charge in [0, 0.05) is 12.6 Å². The molecule has 0 bridgehead atoms. The Balaban J connectivity index is 2.53. The molecule has 1 aliphatic rings. The molecule has 0 N–H and O–H groups in total. The molecule has 2 rings (SSSR count). The largest absolute Gasteiger partial charge is 0.416 e. The van der Waals surface area contributed by atoms with E-state index < -0.39 is 23.6 Å². The number of likely N-dealkylation sites (N-methyl/N-ethyl adjacent to an activating group) is 1. The van der Waals surface area contributed by atoms with E-state index in [0.29, 0.717) is 5.56 Å². The zero-order chi connectivity index (χ0) is 12.8. The van der Waals surface area contributed by atoms with Crippen LogP contribution in [0.25, 0.3) is 0 Å². The summed E-state index contributed by atoms with van der Waals surface area (Å²) >= 11 is 0. The number of carbonyl (C=O) groups is 2. The van der Waals surface area contributed by atoms with Crippen molar-refractivity contribution in [2.24, 2.45) is 0 Å². The van der Waals surface area contributed by atoms with Gasteiger partial charge in [-0.25, -0.2) is 0 Å².